The van der Waals surface area contributed by atoms with E-state index in [1.807, 2.05) is 6.92 Å². The van der Waals surface area contributed by atoms with Crippen molar-refractivity contribution in [3.63, 3.8) is 0 Å². The molecule has 0 unspecified atom stereocenters. The van der Waals surface area contributed by atoms with Gasteiger partial charge in [-0.15, -0.1) is 0 Å². The summed E-state index contributed by atoms with van der Waals surface area (Å²) >= 11 is 4.20. The highest BCUT2D eigenvalue weighted by Crippen LogP contribution is 2.10. The zero-order chi connectivity index (χ0) is 16.9. The maximum atomic E-state index is 10.3. The molecule has 22 heavy (non-hydrogen) atoms. The summed E-state index contributed by atoms with van der Waals surface area (Å²) in [6, 6.07) is 0. The molecule has 0 rings (SSSR count). The van der Waals surface area contributed by atoms with Crippen LogP contribution in [0.4, 0.5) is 0 Å². The first kappa shape index (κ1) is 23.8. The Morgan fingerprint density at radius 2 is 1.32 bits per heavy atom. The van der Waals surface area contributed by atoms with Crippen LogP contribution in [0.2, 0.25) is 0 Å². The van der Waals surface area contributed by atoms with Crippen molar-refractivity contribution in [2.24, 2.45) is 0 Å². The Kier molecular flexibility index (Phi) is 24.7. The standard InChI is InChI=1S/C12H26S.C7H12O2/c1-2-3-4-5-6-7-8-9-10-11-12-13;1-3-5-6-9-7(8)4-2/h13H,2-12H2,1H3;4H,2-3,5-6H2,1H3. The van der Waals surface area contributed by atoms with Gasteiger partial charge in [0.2, 0.25) is 0 Å². The molecule has 0 N–H and O–H groups in total. The molecule has 2 nitrogen and oxygen atoms in total. The third-order valence-electron chi connectivity index (χ3n) is 3.42. The molecule has 3 heteroatoms. The van der Waals surface area contributed by atoms with Gasteiger partial charge in [-0.05, 0) is 18.6 Å². The van der Waals surface area contributed by atoms with Gasteiger partial charge in [-0.25, -0.2) is 4.79 Å². The second-order valence-corrected chi connectivity index (χ2v) is 6.08. The molecule has 0 bridgehead atoms. The van der Waals surface area contributed by atoms with Gasteiger partial charge in [0.15, 0.2) is 0 Å². The van der Waals surface area contributed by atoms with Gasteiger partial charge in [-0.1, -0.05) is 84.6 Å². The summed E-state index contributed by atoms with van der Waals surface area (Å²) in [5.41, 5.74) is 0. The lowest BCUT2D eigenvalue weighted by Crippen LogP contribution is -2.00. The molecule has 0 heterocycles. The fraction of sp³-hybridized carbons (Fsp3) is 0.842. The molecule has 0 amide bonds. The average molecular weight is 331 g/mol. The summed E-state index contributed by atoms with van der Waals surface area (Å²) in [6.45, 7) is 8.10. The Balaban J connectivity index is 0. The normalized spacial score (nSPS) is 9.77. The van der Waals surface area contributed by atoms with Crippen LogP contribution in [-0.4, -0.2) is 18.3 Å². The van der Waals surface area contributed by atoms with Gasteiger partial charge >= 0.3 is 5.97 Å². The molecule has 0 aromatic rings. The summed E-state index contributed by atoms with van der Waals surface area (Å²) in [5.74, 6) is 0.736. The molecule has 0 spiro atoms. The van der Waals surface area contributed by atoms with E-state index in [4.69, 9.17) is 0 Å². The zero-order valence-corrected chi connectivity index (χ0v) is 15.8. The van der Waals surface area contributed by atoms with Crippen LogP contribution < -0.4 is 0 Å². The molecular weight excluding hydrogens is 292 g/mol. The van der Waals surface area contributed by atoms with Crippen molar-refractivity contribution < 1.29 is 9.53 Å². The number of hydrogen-bond donors (Lipinski definition) is 1. The minimum absolute atomic E-state index is 0.330. The summed E-state index contributed by atoms with van der Waals surface area (Å²) in [7, 11) is 0. The first-order valence-corrected chi connectivity index (χ1v) is 9.76. The topological polar surface area (TPSA) is 26.3 Å². The van der Waals surface area contributed by atoms with Crippen molar-refractivity contribution in [2.75, 3.05) is 12.4 Å². The van der Waals surface area contributed by atoms with E-state index in [0.717, 1.165) is 18.6 Å². The Labute approximate surface area is 144 Å². The molecule has 132 valence electrons. The third-order valence-corrected chi connectivity index (χ3v) is 3.74. The van der Waals surface area contributed by atoms with Gasteiger partial charge < -0.3 is 4.74 Å². The van der Waals surface area contributed by atoms with Gasteiger partial charge in [0, 0.05) is 6.08 Å². The van der Waals surface area contributed by atoms with E-state index in [2.05, 4.69) is 30.9 Å². The highest BCUT2D eigenvalue weighted by atomic mass is 32.1. The fourth-order valence-electron chi connectivity index (χ4n) is 1.98. The van der Waals surface area contributed by atoms with Crippen LogP contribution in [-0.2, 0) is 9.53 Å². The largest absolute Gasteiger partial charge is 0.463 e. The minimum atomic E-state index is -0.330. The quantitative estimate of drug-likeness (QED) is 0.174. The van der Waals surface area contributed by atoms with Crippen LogP contribution in [0, 0.1) is 0 Å². The van der Waals surface area contributed by atoms with Gasteiger partial charge in [0.25, 0.3) is 0 Å². The van der Waals surface area contributed by atoms with Crippen LogP contribution >= 0.6 is 12.6 Å². The SMILES string of the molecule is C=CC(=O)OCCCC.CCCCCCCCCCCCS. The monoisotopic (exact) mass is 330 g/mol. The summed E-state index contributed by atoms with van der Waals surface area (Å²) in [4.78, 5) is 10.3. The van der Waals surface area contributed by atoms with Gasteiger partial charge in [0.1, 0.15) is 0 Å². The van der Waals surface area contributed by atoms with E-state index >= 15 is 0 Å². The molecule has 0 fully saturated rings. The average Bonchev–Trinajstić information content (AvgIpc) is 2.54. The fourth-order valence-corrected chi connectivity index (χ4v) is 2.20. The third kappa shape index (κ3) is 24.6. The Bertz CT molecular complexity index is 219. The first-order chi connectivity index (χ1) is 10.7. The second kappa shape index (κ2) is 22.8. The maximum absolute atomic E-state index is 10.3. The van der Waals surface area contributed by atoms with Crippen molar-refractivity contribution in [3.8, 4) is 0 Å². The van der Waals surface area contributed by atoms with Crippen LogP contribution in [0.1, 0.15) is 90.9 Å². The van der Waals surface area contributed by atoms with Gasteiger partial charge in [-0.2, -0.15) is 12.6 Å². The lowest BCUT2D eigenvalue weighted by molar-refractivity contribution is -0.137. The van der Waals surface area contributed by atoms with E-state index in [1.54, 1.807) is 0 Å². The van der Waals surface area contributed by atoms with Crippen molar-refractivity contribution in [3.05, 3.63) is 12.7 Å². The zero-order valence-electron chi connectivity index (χ0n) is 14.9. The van der Waals surface area contributed by atoms with Crippen molar-refractivity contribution in [2.45, 2.75) is 90.9 Å². The van der Waals surface area contributed by atoms with E-state index in [9.17, 15) is 4.79 Å². The summed E-state index contributed by atoms with van der Waals surface area (Å²) in [6.07, 6.45) is 17.3. The van der Waals surface area contributed by atoms with Crippen LogP contribution in [0.3, 0.4) is 0 Å². The number of unbranched alkanes of at least 4 members (excludes halogenated alkanes) is 10. The number of esters is 1. The van der Waals surface area contributed by atoms with Crippen LogP contribution in [0.25, 0.3) is 0 Å². The van der Waals surface area contributed by atoms with E-state index in [0.29, 0.717) is 6.61 Å². The number of thiol groups is 1. The summed E-state index contributed by atoms with van der Waals surface area (Å²) in [5, 5.41) is 0. The molecule has 0 aliphatic carbocycles. The molecule has 0 saturated heterocycles. The number of carbonyl (C=O) groups excluding carboxylic acids is 1. The predicted octanol–water partition coefficient (Wildman–Crippen LogP) is 6.35. The van der Waals surface area contributed by atoms with Crippen molar-refractivity contribution in [1.82, 2.24) is 0 Å². The van der Waals surface area contributed by atoms with E-state index in [-0.39, 0.29) is 5.97 Å². The second-order valence-electron chi connectivity index (χ2n) is 5.63. The lowest BCUT2D eigenvalue weighted by atomic mass is 10.1. The Morgan fingerprint density at radius 1 is 0.864 bits per heavy atom. The summed E-state index contributed by atoms with van der Waals surface area (Å²) < 4.78 is 4.67. The molecule has 0 saturated carbocycles. The number of carbonyl (C=O) groups is 1. The highest BCUT2D eigenvalue weighted by Gasteiger charge is 1.92. The Hall–Kier alpha value is -0.440. The minimum Gasteiger partial charge on any atom is -0.463 e. The van der Waals surface area contributed by atoms with Crippen molar-refractivity contribution in [1.29, 1.82) is 0 Å². The Morgan fingerprint density at radius 3 is 1.73 bits per heavy atom. The molecule has 0 aromatic heterocycles. The van der Waals surface area contributed by atoms with Crippen LogP contribution in [0.5, 0.6) is 0 Å². The molecule has 0 atom stereocenters. The highest BCUT2D eigenvalue weighted by molar-refractivity contribution is 7.80. The molecule has 0 radical (unpaired) electrons. The number of ether oxygens (including phenoxy) is 1. The van der Waals surface area contributed by atoms with E-state index < -0.39 is 0 Å². The van der Waals surface area contributed by atoms with Gasteiger partial charge in [-0.3, -0.25) is 0 Å². The van der Waals surface area contributed by atoms with Crippen molar-refractivity contribution >= 4 is 18.6 Å². The molecular formula is C19H38O2S. The molecule has 0 aliphatic heterocycles. The number of hydrogen-bond acceptors (Lipinski definition) is 3. The molecule has 0 aromatic carbocycles. The van der Waals surface area contributed by atoms with E-state index in [1.165, 1.54) is 70.3 Å². The smallest absolute Gasteiger partial charge is 0.330 e. The predicted molar refractivity (Wildman–Crippen MR) is 102 cm³/mol. The first-order valence-electron chi connectivity index (χ1n) is 9.12. The van der Waals surface area contributed by atoms with Crippen LogP contribution in [0.15, 0.2) is 12.7 Å². The lowest BCUT2D eigenvalue weighted by Gasteiger charge is -2.00. The molecule has 0 aliphatic rings. The van der Waals surface area contributed by atoms with Gasteiger partial charge in [0.05, 0.1) is 6.61 Å². The number of rotatable bonds is 14. The maximum Gasteiger partial charge on any atom is 0.330 e.